The minimum absolute atomic E-state index is 0.304. The van der Waals surface area contributed by atoms with Gasteiger partial charge >= 0.3 is 5.97 Å². The van der Waals surface area contributed by atoms with Crippen LogP contribution in [-0.2, 0) is 4.74 Å². The molecule has 0 saturated heterocycles. The number of carbonyl (C=O) groups excluding carboxylic acids is 1. The molecule has 0 unspecified atom stereocenters. The van der Waals surface area contributed by atoms with Gasteiger partial charge in [0, 0.05) is 21.1 Å². The molecule has 0 amide bonds. The highest BCUT2D eigenvalue weighted by Gasteiger charge is 2.17. The van der Waals surface area contributed by atoms with E-state index in [4.69, 9.17) is 4.74 Å². The second kappa shape index (κ2) is 3.94. The highest BCUT2D eigenvalue weighted by molar-refractivity contribution is 9.10. The Balaban J connectivity index is 2.83. The Bertz CT molecular complexity index is 572. The molecular formula is C12H12BrNO2. The maximum atomic E-state index is 11.7. The molecule has 1 aromatic heterocycles. The van der Waals surface area contributed by atoms with Gasteiger partial charge in [-0.2, -0.15) is 0 Å². The third kappa shape index (κ3) is 1.63. The van der Waals surface area contributed by atoms with Gasteiger partial charge < -0.3 is 9.72 Å². The van der Waals surface area contributed by atoms with Crippen LogP contribution in [0.25, 0.3) is 10.9 Å². The molecule has 84 valence electrons. The van der Waals surface area contributed by atoms with E-state index in [0.29, 0.717) is 5.56 Å². The second-order valence-electron chi connectivity index (χ2n) is 3.76. The molecule has 0 fully saturated rings. The summed E-state index contributed by atoms with van der Waals surface area (Å²) in [5.41, 5.74) is 3.54. The van der Waals surface area contributed by atoms with Crippen molar-refractivity contribution >= 4 is 32.8 Å². The van der Waals surface area contributed by atoms with E-state index in [2.05, 4.69) is 20.9 Å². The van der Waals surface area contributed by atoms with Gasteiger partial charge in [-0.3, -0.25) is 0 Å². The van der Waals surface area contributed by atoms with Crippen LogP contribution in [0.15, 0.2) is 16.6 Å². The molecule has 2 rings (SSSR count). The largest absolute Gasteiger partial charge is 0.465 e. The molecule has 1 heterocycles. The standard InChI is InChI=1S/C12H12BrNO2/c1-6-4-8(13)5-9-10(12(15)16-3)7(2)14-11(6)9/h4-5,14H,1-3H3. The number of fused-ring (bicyclic) bond motifs is 1. The molecule has 0 spiro atoms. The zero-order chi connectivity index (χ0) is 11.9. The van der Waals surface area contributed by atoms with Gasteiger partial charge in [-0.1, -0.05) is 15.9 Å². The van der Waals surface area contributed by atoms with Crippen molar-refractivity contribution in [1.29, 1.82) is 0 Å². The topological polar surface area (TPSA) is 42.1 Å². The number of rotatable bonds is 1. The quantitative estimate of drug-likeness (QED) is 0.815. The minimum atomic E-state index is -0.304. The number of carbonyl (C=O) groups is 1. The molecule has 1 N–H and O–H groups in total. The van der Waals surface area contributed by atoms with E-state index in [0.717, 1.165) is 26.6 Å². The summed E-state index contributed by atoms with van der Waals surface area (Å²) in [6.07, 6.45) is 0. The summed E-state index contributed by atoms with van der Waals surface area (Å²) in [6, 6.07) is 3.94. The monoisotopic (exact) mass is 281 g/mol. The van der Waals surface area contributed by atoms with E-state index >= 15 is 0 Å². The van der Waals surface area contributed by atoms with Crippen molar-refractivity contribution in [2.24, 2.45) is 0 Å². The number of methoxy groups -OCH3 is 1. The number of halogens is 1. The van der Waals surface area contributed by atoms with Crippen molar-refractivity contribution < 1.29 is 9.53 Å². The molecule has 0 saturated carbocycles. The first-order valence-electron chi connectivity index (χ1n) is 4.91. The predicted molar refractivity (Wildman–Crippen MR) is 66.8 cm³/mol. The average molecular weight is 282 g/mol. The van der Waals surface area contributed by atoms with Crippen molar-refractivity contribution in [1.82, 2.24) is 4.98 Å². The van der Waals surface area contributed by atoms with E-state index in [9.17, 15) is 4.79 Å². The third-order valence-electron chi connectivity index (χ3n) is 2.65. The summed E-state index contributed by atoms with van der Waals surface area (Å²) in [5, 5.41) is 0.899. The van der Waals surface area contributed by atoms with E-state index in [1.165, 1.54) is 7.11 Å². The molecule has 0 aliphatic rings. The van der Waals surface area contributed by atoms with Crippen molar-refractivity contribution in [3.05, 3.63) is 33.4 Å². The molecular weight excluding hydrogens is 270 g/mol. The molecule has 0 bridgehead atoms. The SMILES string of the molecule is COC(=O)c1c(C)[nH]c2c(C)cc(Br)cc12. The van der Waals surface area contributed by atoms with Crippen LogP contribution in [0.4, 0.5) is 0 Å². The zero-order valence-electron chi connectivity index (χ0n) is 9.35. The Kier molecular flexibility index (Phi) is 2.76. The molecule has 3 nitrogen and oxygen atoms in total. The summed E-state index contributed by atoms with van der Waals surface area (Å²) in [6.45, 7) is 3.88. The normalized spacial score (nSPS) is 10.8. The van der Waals surface area contributed by atoms with Crippen molar-refractivity contribution in [2.45, 2.75) is 13.8 Å². The molecule has 0 atom stereocenters. The first-order chi connectivity index (χ1) is 7.54. The van der Waals surface area contributed by atoms with Crippen molar-refractivity contribution in [3.63, 3.8) is 0 Å². The van der Waals surface area contributed by atoms with Crippen LogP contribution in [0.2, 0.25) is 0 Å². The molecule has 0 aliphatic heterocycles. The minimum Gasteiger partial charge on any atom is -0.465 e. The number of hydrogen-bond donors (Lipinski definition) is 1. The summed E-state index contributed by atoms with van der Waals surface area (Å²) in [7, 11) is 1.39. The van der Waals surface area contributed by atoms with Gasteiger partial charge in [0.05, 0.1) is 12.7 Å². The van der Waals surface area contributed by atoms with Gasteiger partial charge in [0.1, 0.15) is 0 Å². The lowest BCUT2D eigenvalue weighted by Crippen LogP contribution is -2.02. The fourth-order valence-corrected chi connectivity index (χ4v) is 2.50. The Morgan fingerprint density at radius 1 is 1.38 bits per heavy atom. The van der Waals surface area contributed by atoms with Gasteiger partial charge in [-0.25, -0.2) is 4.79 Å². The number of aryl methyl sites for hydroxylation is 2. The van der Waals surface area contributed by atoms with Gasteiger partial charge in [0.25, 0.3) is 0 Å². The van der Waals surface area contributed by atoms with E-state index in [1.807, 2.05) is 26.0 Å². The number of H-pyrrole nitrogens is 1. The first-order valence-corrected chi connectivity index (χ1v) is 5.70. The number of aromatic amines is 1. The smallest absolute Gasteiger partial charge is 0.340 e. The number of nitrogens with one attached hydrogen (secondary N) is 1. The molecule has 4 heteroatoms. The van der Waals surface area contributed by atoms with E-state index in [-0.39, 0.29) is 5.97 Å². The lowest BCUT2D eigenvalue weighted by atomic mass is 10.1. The Morgan fingerprint density at radius 3 is 2.69 bits per heavy atom. The van der Waals surface area contributed by atoms with Crippen LogP contribution in [-0.4, -0.2) is 18.1 Å². The van der Waals surface area contributed by atoms with Gasteiger partial charge in [0.2, 0.25) is 0 Å². The van der Waals surface area contributed by atoms with Crippen LogP contribution in [0.5, 0.6) is 0 Å². The lowest BCUT2D eigenvalue weighted by Gasteiger charge is -2.00. The van der Waals surface area contributed by atoms with Crippen LogP contribution < -0.4 is 0 Å². The highest BCUT2D eigenvalue weighted by Crippen LogP contribution is 2.28. The summed E-state index contributed by atoms with van der Waals surface area (Å²) in [5.74, 6) is -0.304. The Morgan fingerprint density at radius 2 is 2.06 bits per heavy atom. The maximum Gasteiger partial charge on any atom is 0.340 e. The Labute approximate surface area is 102 Å². The van der Waals surface area contributed by atoms with Crippen LogP contribution >= 0.6 is 15.9 Å². The molecule has 0 aliphatic carbocycles. The number of aromatic nitrogens is 1. The molecule has 0 radical (unpaired) electrons. The van der Waals surface area contributed by atoms with Crippen LogP contribution in [0.1, 0.15) is 21.6 Å². The zero-order valence-corrected chi connectivity index (χ0v) is 10.9. The molecule has 16 heavy (non-hydrogen) atoms. The summed E-state index contributed by atoms with van der Waals surface area (Å²) < 4.78 is 5.75. The number of benzene rings is 1. The predicted octanol–water partition coefficient (Wildman–Crippen LogP) is 3.33. The number of ether oxygens (including phenoxy) is 1. The van der Waals surface area contributed by atoms with Gasteiger partial charge in [0.15, 0.2) is 0 Å². The van der Waals surface area contributed by atoms with E-state index in [1.54, 1.807) is 0 Å². The maximum absolute atomic E-state index is 11.7. The van der Waals surface area contributed by atoms with Crippen molar-refractivity contribution in [3.8, 4) is 0 Å². The first kappa shape index (κ1) is 11.2. The average Bonchev–Trinajstić information content (AvgIpc) is 2.54. The molecule has 2 aromatic rings. The number of esters is 1. The van der Waals surface area contributed by atoms with Crippen LogP contribution in [0.3, 0.4) is 0 Å². The van der Waals surface area contributed by atoms with Crippen LogP contribution in [0, 0.1) is 13.8 Å². The lowest BCUT2D eigenvalue weighted by molar-refractivity contribution is 0.0602. The van der Waals surface area contributed by atoms with Gasteiger partial charge in [-0.15, -0.1) is 0 Å². The Hall–Kier alpha value is -1.29. The van der Waals surface area contributed by atoms with Crippen molar-refractivity contribution in [2.75, 3.05) is 7.11 Å². The summed E-state index contributed by atoms with van der Waals surface area (Å²) >= 11 is 3.43. The second-order valence-corrected chi connectivity index (χ2v) is 4.68. The summed E-state index contributed by atoms with van der Waals surface area (Å²) in [4.78, 5) is 14.9. The fourth-order valence-electron chi connectivity index (χ4n) is 1.92. The van der Waals surface area contributed by atoms with Gasteiger partial charge in [-0.05, 0) is 31.5 Å². The highest BCUT2D eigenvalue weighted by atomic mass is 79.9. The van der Waals surface area contributed by atoms with E-state index < -0.39 is 0 Å². The molecule has 1 aromatic carbocycles. The number of hydrogen-bond acceptors (Lipinski definition) is 2. The third-order valence-corrected chi connectivity index (χ3v) is 3.10. The fraction of sp³-hybridized carbons (Fsp3) is 0.250.